The summed E-state index contributed by atoms with van der Waals surface area (Å²) >= 11 is 0. The molecule has 0 bridgehead atoms. The molecule has 0 aliphatic carbocycles. The molecule has 0 saturated carbocycles. The van der Waals surface area contributed by atoms with Crippen molar-refractivity contribution < 1.29 is 42.8 Å². The van der Waals surface area contributed by atoms with Gasteiger partial charge in [-0.15, -0.1) is 0 Å². The standard InChI is InChI=1S/C32H43N6O9P/c1-18(28(40)44-16-15-31(3,4)5)37-48(42,47-22-14-10-12-20-11-8-9-13-21(20)22)45-17-23-25(39)32(6,41)29(46-23)38-19(2)34-24-26(38)35-30(33)36-27(24)43-7/h8-14,18,23,25,29,39,41H,15-17H2,1-7H3,(H,37,42)(H2,33,35,36). The molecule has 1 fully saturated rings. The lowest BCUT2D eigenvalue weighted by molar-refractivity contribution is -0.146. The van der Waals surface area contributed by atoms with E-state index in [1.807, 2.05) is 45.0 Å². The molecule has 4 aromatic rings. The number of nitrogens with zero attached hydrogens (tertiary/aromatic N) is 4. The number of aliphatic hydroxyl groups excluding tert-OH is 1. The van der Waals surface area contributed by atoms with Crippen molar-refractivity contribution in [3.63, 3.8) is 0 Å². The third-order valence-corrected chi connectivity index (χ3v) is 9.69. The maximum Gasteiger partial charge on any atom is 0.459 e. The number of benzene rings is 2. The molecule has 1 aliphatic heterocycles. The summed E-state index contributed by atoms with van der Waals surface area (Å²) in [6.45, 7) is 10.3. The molecule has 1 saturated heterocycles. The van der Waals surface area contributed by atoms with Crippen molar-refractivity contribution in [2.45, 2.75) is 78.0 Å². The van der Waals surface area contributed by atoms with Crippen molar-refractivity contribution in [3.05, 3.63) is 48.3 Å². The van der Waals surface area contributed by atoms with E-state index in [-0.39, 0.29) is 40.8 Å². The summed E-state index contributed by atoms with van der Waals surface area (Å²) in [7, 11) is -2.97. The average molecular weight is 687 g/mol. The number of esters is 1. The molecule has 2 aromatic carbocycles. The van der Waals surface area contributed by atoms with Gasteiger partial charge in [0, 0.05) is 5.39 Å². The predicted molar refractivity (Wildman–Crippen MR) is 177 cm³/mol. The first-order valence-electron chi connectivity index (χ1n) is 15.5. The highest BCUT2D eigenvalue weighted by atomic mass is 31.2. The fraction of sp³-hybridized carbons (Fsp3) is 0.500. The summed E-state index contributed by atoms with van der Waals surface area (Å²) in [4.78, 5) is 25.7. The number of carbonyl (C=O) groups is 1. The first-order valence-corrected chi connectivity index (χ1v) is 17.1. The molecule has 0 spiro atoms. The van der Waals surface area contributed by atoms with Gasteiger partial charge in [0.1, 0.15) is 35.4 Å². The van der Waals surface area contributed by atoms with Gasteiger partial charge >= 0.3 is 13.7 Å². The molecule has 5 rings (SSSR count). The Labute approximate surface area is 278 Å². The molecule has 260 valence electrons. The van der Waals surface area contributed by atoms with Crippen molar-refractivity contribution in [2.75, 3.05) is 26.1 Å². The van der Waals surface area contributed by atoms with Crippen LogP contribution in [0.25, 0.3) is 21.9 Å². The second-order valence-electron chi connectivity index (χ2n) is 13.2. The average Bonchev–Trinajstić information content (AvgIpc) is 3.45. The van der Waals surface area contributed by atoms with E-state index in [1.54, 1.807) is 25.1 Å². The lowest BCUT2D eigenvalue weighted by Crippen LogP contribution is -2.44. The van der Waals surface area contributed by atoms with E-state index >= 15 is 0 Å². The maximum atomic E-state index is 14.4. The zero-order valence-electron chi connectivity index (χ0n) is 28.0. The zero-order valence-corrected chi connectivity index (χ0v) is 28.9. The van der Waals surface area contributed by atoms with Crippen LogP contribution in [0, 0.1) is 12.3 Å². The maximum absolute atomic E-state index is 14.4. The van der Waals surface area contributed by atoms with Crippen LogP contribution in [0.5, 0.6) is 11.6 Å². The molecule has 0 amide bonds. The van der Waals surface area contributed by atoms with Crippen molar-refractivity contribution in [3.8, 4) is 11.6 Å². The number of hydrogen-bond acceptors (Lipinski definition) is 13. The van der Waals surface area contributed by atoms with Gasteiger partial charge in [-0.2, -0.15) is 15.1 Å². The first-order chi connectivity index (χ1) is 22.5. The minimum absolute atomic E-state index is 0.0544. The van der Waals surface area contributed by atoms with Gasteiger partial charge in [0.25, 0.3) is 0 Å². The minimum atomic E-state index is -4.38. The second kappa shape index (κ2) is 13.6. The molecule has 48 heavy (non-hydrogen) atoms. The topological polar surface area (TPSA) is 202 Å². The summed E-state index contributed by atoms with van der Waals surface area (Å²) in [5.41, 5.74) is 4.42. The third kappa shape index (κ3) is 7.41. The van der Waals surface area contributed by atoms with Gasteiger partial charge in [0.2, 0.25) is 11.8 Å². The smallest absolute Gasteiger partial charge is 0.459 e. The van der Waals surface area contributed by atoms with Crippen LogP contribution in [-0.4, -0.2) is 79.9 Å². The summed E-state index contributed by atoms with van der Waals surface area (Å²) in [6, 6.07) is 11.5. The molecule has 2 aromatic heterocycles. The largest absolute Gasteiger partial charge is 0.479 e. The Bertz CT molecular complexity index is 1840. The Kier molecular flexibility index (Phi) is 10.0. The Morgan fingerprint density at radius 2 is 1.90 bits per heavy atom. The fourth-order valence-electron chi connectivity index (χ4n) is 5.39. The molecular formula is C32H43N6O9P. The Balaban J connectivity index is 1.40. The van der Waals surface area contributed by atoms with Gasteiger partial charge in [-0.3, -0.25) is 13.9 Å². The van der Waals surface area contributed by atoms with E-state index in [1.165, 1.54) is 25.5 Å². The monoisotopic (exact) mass is 686 g/mol. The minimum Gasteiger partial charge on any atom is -0.479 e. The molecule has 0 radical (unpaired) electrons. The van der Waals surface area contributed by atoms with Gasteiger partial charge in [-0.05, 0) is 44.1 Å². The molecule has 5 N–H and O–H groups in total. The lowest BCUT2D eigenvalue weighted by Gasteiger charge is -2.28. The number of aryl methyl sites for hydroxylation is 1. The number of imidazole rings is 1. The fourth-order valence-corrected chi connectivity index (χ4v) is 6.91. The quantitative estimate of drug-likeness (QED) is 0.123. The molecule has 6 atom stereocenters. The van der Waals surface area contributed by atoms with Gasteiger partial charge in [-0.1, -0.05) is 57.2 Å². The van der Waals surface area contributed by atoms with Crippen LogP contribution in [0.1, 0.15) is 53.1 Å². The SMILES string of the molecule is COc1nc(N)nc2c1nc(C)n2C1OC(COP(=O)(NC(C)C(=O)OCCC(C)(C)C)Oc2cccc3ccccc23)C(O)C1(C)O. The van der Waals surface area contributed by atoms with E-state index in [4.69, 9.17) is 29.0 Å². The summed E-state index contributed by atoms with van der Waals surface area (Å²) in [5, 5.41) is 27.0. The molecule has 16 heteroatoms. The highest BCUT2D eigenvalue weighted by molar-refractivity contribution is 7.52. The number of rotatable bonds is 12. The van der Waals surface area contributed by atoms with Crippen molar-refractivity contribution in [1.29, 1.82) is 0 Å². The summed E-state index contributed by atoms with van der Waals surface area (Å²) in [6.07, 6.45) is -3.36. The number of carbonyl (C=O) groups excluding carboxylic acids is 1. The summed E-state index contributed by atoms with van der Waals surface area (Å²) in [5.74, 6) is -0.0124. The van der Waals surface area contributed by atoms with Crippen LogP contribution >= 0.6 is 7.75 Å². The van der Waals surface area contributed by atoms with Gasteiger partial charge in [0.15, 0.2) is 17.4 Å². The van der Waals surface area contributed by atoms with E-state index in [2.05, 4.69) is 20.0 Å². The molecule has 1 aliphatic rings. The van der Waals surface area contributed by atoms with Crippen LogP contribution in [0.4, 0.5) is 5.95 Å². The number of nitrogens with one attached hydrogen (secondary N) is 1. The van der Waals surface area contributed by atoms with Crippen LogP contribution in [-0.2, 0) is 23.4 Å². The van der Waals surface area contributed by atoms with Crippen molar-refractivity contribution in [1.82, 2.24) is 24.6 Å². The van der Waals surface area contributed by atoms with Crippen LogP contribution in [0.3, 0.4) is 0 Å². The second-order valence-corrected chi connectivity index (χ2v) is 14.9. The van der Waals surface area contributed by atoms with E-state index < -0.39 is 50.4 Å². The lowest BCUT2D eigenvalue weighted by atomic mass is 9.93. The van der Waals surface area contributed by atoms with Gasteiger partial charge < -0.3 is 34.7 Å². The van der Waals surface area contributed by atoms with Crippen molar-refractivity contribution in [2.24, 2.45) is 5.41 Å². The number of anilines is 1. The number of aliphatic hydroxyl groups is 2. The third-order valence-electron chi connectivity index (χ3n) is 8.06. The van der Waals surface area contributed by atoms with E-state index in [9.17, 15) is 19.6 Å². The number of ether oxygens (including phenoxy) is 3. The van der Waals surface area contributed by atoms with Crippen LogP contribution in [0.15, 0.2) is 42.5 Å². The Hall–Kier alpha value is -3.85. The number of fused-ring (bicyclic) bond motifs is 2. The normalized spacial score (nSPS) is 23.2. The molecule has 3 heterocycles. The number of nitrogens with two attached hydrogens (primary N) is 1. The Morgan fingerprint density at radius 1 is 1.19 bits per heavy atom. The number of methoxy groups -OCH3 is 1. The molecule has 15 nitrogen and oxygen atoms in total. The molecule has 6 unspecified atom stereocenters. The summed E-state index contributed by atoms with van der Waals surface area (Å²) < 4.78 is 44.7. The van der Waals surface area contributed by atoms with E-state index in [0.717, 1.165) is 5.39 Å². The first kappa shape index (κ1) is 35.5. The number of aromatic nitrogens is 4. The van der Waals surface area contributed by atoms with Crippen LogP contribution in [0.2, 0.25) is 0 Å². The zero-order chi connectivity index (χ0) is 35.0. The van der Waals surface area contributed by atoms with Crippen LogP contribution < -0.4 is 20.1 Å². The van der Waals surface area contributed by atoms with Gasteiger partial charge in [-0.25, -0.2) is 9.55 Å². The Morgan fingerprint density at radius 3 is 2.60 bits per heavy atom. The predicted octanol–water partition coefficient (Wildman–Crippen LogP) is 4.05. The molecular weight excluding hydrogens is 643 g/mol. The van der Waals surface area contributed by atoms with Gasteiger partial charge in [0.05, 0.1) is 20.3 Å². The van der Waals surface area contributed by atoms with E-state index in [0.29, 0.717) is 17.6 Å². The highest BCUT2D eigenvalue weighted by Crippen LogP contribution is 2.49. The number of hydrogen-bond donors (Lipinski definition) is 4. The number of nitrogen functional groups attached to an aromatic ring is 1. The van der Waals surface area contributed by atoms with Crippen molar-refractivity contribution >= 4 is 41.6 Å². The highest BCUT2D eigenvalue weighted by Gasteiger charge is 2.54.